The molecule has 0 N–H and O–H groups in total. The van der Waals surface area contributed by atoms with Crippen LogP contribution in [0.3, 0.4) is 0 Å². The fourth-order valence-corrected chi connectivity index (χ4v) is 1.07. The largest absolute Gasteiger partial charge is 0.198 e. The zero-order valence-electron chi connectivity index (χ0n) is 8.20. The van der Waals surface area contributed by atoms with E-state index in [0.29, 0.717) is 0 Å². The first kappa shape index (κ1) is 12.0. The fourth-order valence-electron chi connectivity index (χ4n) is 1.07. The minimum absolute atomic E-state index is 0.103. The molecule has 0 amide bonds. The van der Waals surface area contributed by atoms with E-state index in [9.17, 15) is 0 Å². The van der Waals surface area contributed by atoms with Gasteiger partial charge < -0.3 is 0 Å². The van der Waals surface area contributed by atoms with E-state index in [2.05, 4.69) is 0 Å². The van der Waals surface area contributed by atoms with Crippen molar-refractivity contribution in [2.75, 3.05) is 0 Å². The highest BCUT2D eigenvalue weighted by Crippen LogP contribution is 2.41. The standard InChI is InChI=1S/C10H10N4/c1-9(2,6-12)10(7-13,8-14)4-3-5-11/h3-4H2,1-2H3. The second-order valence-electron chi connectivity index (χ2n) is 3.52. The van der Waals surface area contributed by atoms with Crippen molar-refractivity contribution in [1.29, 1.82) is 21.0 Å². The van der Waals surface area contributed by atoms with Crippen molar-refractivity contribution < 1.29 is 0 Å². The highest BCUT2D eigenvalue weighted by Gasteiger charge is 2.46. The molecule has 0 bridgehead atoms. The Morgan fingerprint density at radius 3 is 1.71 bits per heavy atom. The second kappa shape index (κ2) is 4.27. The third kappa shape index (κ3) is 1.82. The third-order valence-electron chi connectivity index (χ3n) is 2.34. The summed E-state index contributed by atoms with van der Waals surface area (Å²) in [5.74, 6) is 0. The highest BCUT2D eigenvalue weighted by molar-refractivity contribution is 5.25. The third-order valence-corrected chi connectivity index (χ3v) is 2.34. The maximum atomic E-state index is 8.94. The van der Waals surface area contributed by atoms with E-state index in [1.165, 1.54) is 13.8 Å². The Hall–Kier alpha value is -2.04. The van der Waals surface area contributed by atoms with Crippen LogP contribution in [0.2, 0.25) is 0 Å². The van der Waals surface area contributed by atoms with Crippen molar-refractivity contribution in [2.45, 2.75) is 26.7 Å². The van der Waals surface area contributed by atoms with Crippen LogP contribution in [0.15, 0.2) is 0 Å². The normalized spacial score (nSPS) is 10.4. The average molecular weight is 186 g/mol. The first-order valence-corrected chi connectivity index (χ1v) is 4.10. The monoisotopic (exact) mass is 186 g/mol. The van der Waals surface area contributed by atoms with Gasteiger partial charge in [0.2, 0.25) is 0 Å². The van der Waals surface area contributed by atoms with Gasteiger partial charge in [0.05, 0.1) is 29.7 Å². The molecule has 0 aliphatic carbocycles. The van der Waals surface area contributed by atoms with Gasteiger partial charge in [-0.1, -0.05) is 0 Å². The van der Waals surface area contributed by atoms with Gasteiger partial charge in [0, 0.05) is 6.42 Å². The van der Waals surface area contributed by atoms with Crippen LogP contribution in [0, 0.1) is 56.2 Å². The zero-order chi connectivity index (χ0) is 11.2. The Bertz CT molecular complexity index is 353. The molecule has 0 aromatic rings. The molecule has 0 aromatic carbocycles. The van der Waals surface area contributed by atoms with Crippen LogP contribution in [0.1, 0.15) is 26.7 Å². The van der Waals surface area contributed by atoms with Gasteiger partial charge in [-0.3, -0.25) is 0 Å². The molecule has 0 atom stereocenters. The van der Waals surface area contributed by atoms with Crippen molar-refractivity contribution in [3.63, 3.8) is 0 Å². The van der Waals surface area contributed by atoms with Crippen molar-refractivity contribution in [1.82, 2.24) is 0 Å². The molecule has 0 aliphatic rings. The molecule has 0 unspecified atom stereocenters. The van der Waals surface area contributed by atoms with E-state index in [-0.39, 0.29) is 12.8 Å². The summed E-state index contributed by atoms with van der Waals surface area (Å²) >= 11 is 0. The van der Waals surface area contributed by atoms with Crippen LogP contribution in [-0.2, 0) is 0 Å². The van der Waals surface area contributed by atoms with E-state index in [1.807, 2.05) is 24.3 Å². The molecule has 4 heteroatoms. The lowest BCUT2D eigenvalue weighted by Gasteiger charge is -2.29. The van der Waals surface area contributed by atoms with Gasteiger partial charge >= 0.3 is 0 Å². The van der Waals surface area contributed by atoms with Gasteiger partial charge in [0.1, 0.15) is 0 Å². The van der Waals surface area contributed by atoms with Crippen LogP contribution in [-0.4, -0.2) is 0 Å². The summed E-state index contributed by atoms with van der Waals surface area (Å²) < 4.78 is 0. The molecule has 0 aliphatic heterocycles. The van der Waals surface area contributed by atoms with Gasteiger partial charge in [-0.05, 0) is 20.3 Å². The molecule has 0 aromatic heterocycles. The van der Waals surface area contributed by atoms with Crippen LogP contribution in [0.5, 0.6) is 0 Å². The van der Waals surface area contributed by atoms with Crippen LogP contribution in [0.25, 0.3) is 0 Å². The van der Waals surface area contributed by atoms with E-state index in [4.69, 9.17) is 21.0 Å². The zero-order valence-corrected chi connectivity index (χ0v) is 8.20. The molecular formula is C10H10N4. The smallest absolute Gasteiger partial charge is 0.162 e. The van der Waals surface area contributed by atoms with Crippen molar-refractivity contribution in [2.24, 2.45) is 10.8 Å². The summed E-state index contributed by atoms with van der Waals surface area (Å²) in [6.07, 6.45) is 0.212. The fraction of sp³-hybridized carbons (Fsp3) is 0.600. The molecule has 14 heavy (non-hydrogen) atoms. The van der Waals surface area contributed by atoms with Crippen molar-refractivity contribution >= 4 is 0 Å². The van der Waals surface area contributed by atoms with E-state index in [0.717, 1.165) is 0 Å². The number of rotatable bonds is 3. The SMILES string of the molecule is CC(C)(C#N)C(C#N)(C#N)CCC#N. The molecular weight excluding hydrogens is 176 g/mol. The number of hydrogen-bond donors (Lipinski definition) is 0. The second-order valence-corrected chi connectivity index (χ2v) is 3.52. The van der Waals surface area contributed by atoms with Gasteiger partial charge in [-0.2, -0.15) is 21.0 Å². The number of hydrogen-bond acceptors (Lipinski definition) is 4. The summed E-state index contributed by atoms with van der Waals surface area (Å²) in [6.45, 7) is 3.08. The lowest BCUT2D eigenvalue weighted by atomic mass is 9.66. The summed E-state index contributed by atoms with van der Waals surface area (Å²) in [5.41, 5.74) is -2.45. The Morgan fingerprint density at radius 1 is 0.929 bits per heavy atom. The minimum Gasteiger partial charge on any atom is -0.198 e. The maximum absolute atomic E-state index is 8.94. The Balaban J connectivity index is 5.18. The van der Waals surface area contributed by atoms with E-state index in [1.54, 1.807) is 0 Å². The topological polar surface area (TPSA) is 95.2 Å². The lowest BCUT2D eigenvalue weighted by molar-refractivity contribution is 0.259. The number of nitriles is 4. The van der Waals surface area contributed by atoms with E-state index >= 15 is 0 Å². The minimum atomic E-state index is -1.39. The summed E-state index contributed by atoms with van der Waals surface area (Å²) in [5, 5.41) is 35.1. The molecule has 0 saturated carbocycles. The Labute approximate surface area is 83.6 Å². The van der Waals surface area contributed by atoms with Gasteiger partial charge in [-0.15, -0.1) is 0 Å². The Kier molecular flexibility index (Phi) is 3.65. The molecule has 0 spiro atoms. The molecule has 70 valence electrons. The summed E-state index contributed by atoms with van der Waals surface area (Å²) in [6, 6.07) is 7.53. The molecule has 4 nitrogen and oxygen atoms in total. The van der Waals surface area contributed by atoms with E-state index < -0.39 is 10.8 Å². The van der Waals surface area contributed by atoms with Gasteiger partial charge in [-0.25, -0.2) is 0 Å². The van der Waals surface area contributed by atoms with Gasteiger partial charge in [0.15, 0.2) is 5.41 Å². The molecule has 0 rings (SSSR count). The van der Waals surface area contributed by atoms with Crippen LogP contribution >= 0.6 is 0 Å². The highest BCUT2D eigenvalue weighted by atomic mass is 14.5. The number of nitrogens with zero attached hydrogens (tertiary/aromatic N) is 4. The molecule has 0 radical (unpaired) electrons. The average Bonchev–Trinajstić information content (AvgIpc) is 2.20. The van der Waals surface area contributed by atoms with Crippen LogP contribution < -0.4 is 0 Å². The van der Waals surface area contributed by atoms with Crippen molar-refractivity contribution in [3.8, 4) is 24.3 Å². The first-order valence-electron chi connectivity index (χ1n) is 4.10. The first-order chi connectivity index (χ1) is 6.49. The lowest BCUT2D eigenvalue weighted by Crippen LogP contribution is -2.34. The molecule has 0 saturated heterocycles. The van der Waals surface area contributed by atoms with Gasteiger partial charge in [0.25, 0.3) is 0 Å². The van der Waals surface area contributed by atoms with Crippen LogP contribution in [0.4, 0.5) is 0 Å². The summed E-state index contributed by atoms with van der Waals surface area (Å²) in [4.78, 5) is 0. The molecule has 0 heterocycles. The predicted molar refractivity (Wildman–Crippen MR) is 47.9 cm³/mol. The quantitative estimate of drug-likeness (QED) is 0.672. The Morgan fingerprint density at radius 2 is 1.43 bits per heavy atom. The predicted octanol–water partition coefficient (Wildman–Crippen LogP) is 1.87. The maximum Gasteiger partial charge on any atom is 0.162 e. The summed E-state index contributed by atoms with van der Waals surface area (Å²) in [7, 11) is 0. The molecule has 0 fully saturated rings. The van der Waals surface area contributed by atoms with Crippen molar-refractivity contribution in [3.05, 3.63) is 0 Å².